The number of nitrogens with zero attached hydrogens (tertiary/aromatic N) is 3. The molecule has 0 aliphatic carbocycles. The zero-order valence-electron chi connectivity index (χ0n) is 13.3. The third kappa shape index (κ3) is 2.86. The first-order valence-electron chi connectivity index (χ1n) is 8.15. The van der Waals surface area contributed by atoms with Crippen molar-refractivity contribution < 1.29 is 9.13 Å². The fraction of sp³-hybridized carbons (Fsp3) is 0.444. The van der Waals surface area contributed by atoms with Crippen LogP contribution in [0.15, 0.2) is 24.3 Å². The number of benzene rings is 1. The minimum atomic E-state index is -0.256. The minimum Gasteiger partial charge on any atom is -0.380 e. The Morgan fingerprint density at radius 2 is 2.22 bits per heavy atom. The highest BCUT2D eigenvalue weighted by atomic mass is 19.1. The maximum atomic E-state index is 13.4. The number of halogens is 1. The van der Waals surface area contributed by atoms with Crippen LogP contribution in [0.25, 0.3) is 11.4 Å². The molecule has 1 fully saturated rings. The van der Waals surface area contributed by atoms with Crippen molar-refractivity contribution in [1.82, 2.24) is 14.9 Å². The fourth-order valence-electron chi connectivity index (χ4n) is 3.48. The molecule has 0 spiro atoms. The molecule has 0 amide bonds. The van der Waals surface area contributed by atoms with Crippen LogP contribution in [0.2, 0.25) is 0 Å². The molecule has 120 valence electrons. The van der Waals surface area contributed by atoms with Gasteiger partial charge in [0.1, 0.15) is 5.82 Å². The number of hydrogen-bond donors (Lipinski definition) is 0. The van der Waals surface area contributed by atoms with E-state index in [1.54, 1.807) is 6.07 Å². The van der Waals surface area contributed by atoms with Crippen molar-refractivity contribution in [1.29, 1.82) is 0 Å². The highest BCUT2D eigenvalue weighted by molar-refractivity contribution is 5.56. The van der Waals surface area contributed by atoms with Gasteiger partial charge in [0.15, 0.2) is 5.82 Å². The van der Waals surface area contributed by atoms with Gasteiger partial charge in [0.2, 0.25) is 0 Å². The Balaban J connectivity index is 1.64. The zero-order valence-corrected chi connectivity index (χ0v) is 13.3. The van der Waals surface area contributed by atoms with Gasteiger partial charge in [-0.1, -0.05) is 12.1 Å². The van der Waals surface area contributed by atoms with Gasteiger partial charge in [-0.25, -0.2) is 14.4 Å². The molecule has 23 heavy (non-hydrogen) atoms. The summed E-state index contributed by atoms with van der Waals surface area (Å²) in [4.78, 5) is 11.8. The average molecular weight is 313 g/mol. The zero-order chi connectivity index (χ0) is 15.8. The monoisotopic (exact) mass is 313 g/mol. The van der Waals surface area contributed by atoms with E-state index in [0.29, 0.717) is 11.9 Å². The molecule has 0 bridgehead atoms. The Morgan fingerprint density at radius 3 is 3.00 bits per heavy atom. The fourth-order valence-corrected chi connectivity index (χ4v) is 3.48. The second kappa shape index (κ2) is 5.98. The Morgan fingerprint density at radius 1 is 1.30 bits per heavy atom. The summed E-state index contributed by atoms with van der Waals surface area (Å²) >= 11 is 0. The molecule has 2 aromatic rings. The van der Waals surface area contributed by atoms with Crippen LogP contribution in [0.1, 0.15) is 23.4 Å². The Kier molecular flexibility index (Phi) is 3.83. The molecule has 2 aliphatic rings. The van der Waals surface area contributed by atoms with Gasteiger partial charge < -0.3 is 4.74 Å². The van der Waals surface area contributed by atoms with Crippen molar-refractivity contribution in [2.75, 3.05) is 19.8 Å². The van der Waals surface area contributed by atoms with Gasteiger partial charge in [-0.15, -0.1) is 0 Å². The van der Waals surface area contributed by atoms with Gasteiger partial charge >= 0.3 is 0 Å². The van der Waals surface area contributed by atoms with Crippen LogP contribution in [0.4, 0.5) is 4.39 Å². The van der Waals surface area contributed by atoms with Gasteiger partial charge in [0.25, 0.3) is 0 Å². The molecule has 0 radical (unpaired) electrons. The molecule has 1 aromatic heterocycles. The van der Waals surface area contributed by atoms with Crippen molar-refractivity contribution in [3.05, 3.63) is 47.0 Å². The lowest BCUT2D eigenvalue weighted by Gasteiger charge is -2.33. The lowest BCUT2D eigenvalue weighted by Crippen LogP contribution is -2.40. The largest absolute Gasteiger partial charge is 0.380 e. The summed E-state index contributed by atoms with van der Waals surface area (Å²) in [5.74, 6) is 0.368. The van der Waals surface area contributed by atoms with E-state index >= 15 is 0 Å². The van der Waals surface area contributed by atoms with Gasteiger partial charge in [0, 0.05) is 49.0 Å². The summed E-state index contributed by atoms with van der Waals surface area (Å²) in [6.45, 7) is 5.61. The number of hydrogen-bond acceptors (Lipinski definition) is 4. The first-order valence-corrected chi connectivity index (χ1v) is 8.15. The van der Waals surface area contributed by atoms with E-state index in [0.717, 1.165) is 56.1 Å². The Hall–Kier alpha value is -1.85. The predicted molar refractivity (Wildman–Crippen MR) is 85.5 cm³/mol. The van der Waals surface area contributed by atoms with Crippen molar-refractivity contribution in [2.45, 2.75) is 32.4 Å². The third-order valence-corrected chi connectivity index (χ3v) is 4.80. The molecule has 1 atom stereocenters. The molecule has 0 saturated carbocycles. The lowest BCUT2D eigenvalue weighted by atomic mass is 10.0. The summed E-state index contributed by atoms with van der Waals surface area (Å²) in [7, 11) is 0. The molecule has 1 unspecified atom stereocenters. The van der Waals surface area contributed by atoms with Crippen LogP contribution < -0.4 is 0 Å². The summed E-state index contributed by atoms with van der Waals surface area (Å²) < 4.78 is 19.0. The molecule has 4 rings (SSSR count). The normalized spacial score (nSPS) is 21.4. The second-order valence-electron chi connectivity index (χ2n) is 6.31. The highest BCUT2D eigenvalue weighted by Gasteiger charge is 2.28. The molecule has 3 heterocycles. The van der Waals surface area contributed by atoms with Gasteiger partial charge in [-0.3, -0.25) is 4.90 Å². The maximum Gasteiger partial charge on any atom is 0.159 e. The molecular weight excluding hydrogens is 293 g/mol. The van der Waals surface area contributed by atoms with E-state index < -0.39 is 0 Å². The Bertz CT molecular complexity index is 728. The first-order chi connectivity index (χ1) is 11.2. The van der Waals surface area contributed by atoms with Crippen LogP contribution >= 0.6 is 0 Å². The van der Waals surface area contributed by atoms with Crippen LogP contribution in [-0.2, 0) is 17.7 Å². The van der Waals surface area contributed by atoms with Crippen LogP contribution in [0.3, 0.4) is 0 Å². The topological polar surface area (TPSA) is 38.2 Å². The van der Waals surface area contributed by atoms with E-state index in [1.807, 2.05) is 13.0 Å². The van der Waals surface area contributed by atoms with Crippen molar-refractivity contribution in [3.8, 4) is 11.4 Å². The molecule has 5 heteroatoms. The number of fused-ring (bicyclic) bond motifs is 1. The number of aryl methyl sites for hydroxylation is 1. The number of ether oxygens (including phenoxy) is 1. The summed E-state index contributed by atoms with van der Waals surface area (Å²) in [5.41, 5.74) is 4.07. The van der Waals surface area contributed by atoms with E-state index in [1.165, 1.54) is 17.7 Å². The highest BCUT2D eigenvalue weighted by Crippen LogP contribution is 2.26. The molecule has 1 aromatic carbocycles. The molecule has 2 aliphatic heterocycles. The van der Waals surface area contributed by atoms with Crippen LogP contribution in [-0.4, -0.2) is 40.7 Å². The summed E-state index contributed by atoms with van der Waals surface area (Å²) in [6.07, 6.45) is 2.02. The smallest absolute Gasteiger partial charge is 0.159 e. The molecule has 1 saturated heterocycles. The predicted octanol–water partition coefficient (Wildman–Crippen LogP) is 2.74. The van der Waals surface area contributed by atoms with Crippen molar-refractivity contribution in [2.24, 2.45) is 0 Å². The lowest BCUT2D eigenvalue weighted by molar-refractivity contribution is 0.134. The second-order valence-corrected chi connectivity index (χ2v) is 6.31. The van der Waals surface area contributed by atoms with Gasteiger partial charge in [-0.05, 0) is 25.5 Å². The standard InChI is InChI=1S/C18H20FN3O/c1-12-16-10-22(15-6-8-23-11-15)7-5-17(16)21-18(20-12)13-3-2-4-14(19)9-13/h2-4,9,15H,5-8,10-11H2,1H3. The number of rotatable bonds is 2. The molecule has 4 nitrogen and oxygen atoms in total. The van der Waals surface area contributed by atoms with E-state index in [9.17, 15) is 4.39 Å². The van der Waals surface area contributed by atoms with Crippen molar-refractivity contribution in [3.63, 3.8) is 0 Å². The van der Waals surface area contributed by atoms with Crippen molar-refractivity contribution >= 4 is 0 Å². The van der Waals surface area contributed by atoms with Gasteiger partial charge in [-0.2, -0.15) is 0 Å². The van der Waals surface area contributed by atoms with E-state index in [-0.39, 0.29) is 5.82 Å². The number of aromatic nitrogens is 2. The average Bonchev–Trinajstić information content (AvgIpc) is 3.09. The van der Waals surface area contributed by atoms with Crippen LogP contribution in [0, 0.1) is 12.7 Å². The third-order valence-electron chi connectivity index (χ3n) is 4.80. The van der Waals surface area contributed by atoms with E-state index in [4.69, 9.17) is 9.72 Å². The molecular formula is C18H20FN3O. The summed E-state index contributed by atoms with van der Waals surface area (Å²) in [6, 6.07) is 7.01. The van der Waals surface area contributed by atoms with E-state index in [2.05, 4.69) is 9.88 Å². The minimum absolute atomic E-state index is 0.256. The maximum absolute atomic E-state index is 13.4. The van der Waals surface area contributed by atoms with Gasteiger partial charge in [0.05, 0.1) is 12.3 Å². The SMILES string of the molecule is Cc1nc(-c2cccc(F)c2)nc2c1CN(C1CCOC1)CC2. The Labute approximate surface area is 135 Å². The van der Waals surface area contributed by atoms with Crippen LogP contribution in [0.5, 0.6) is 0 Å². The molecule has 0 N–H and O–H groups in total. The quantitative estimate of drug-likeness (QED) is 0.854. The summed E-state index contributed by atoms with van der Waals surface area (Å²) in [5, 5.41) is 0. The first kappa shape index (κ1) is 14.7.